The van der Waals surface area contributed by atoms with E-state index in [4.69, 9.17) is 9.47 Å². The highest BCUT2D eigenvalue weighted by Crippen LogP contribution is 2.63. The van der Waals surface area contributed by atoms with Crippen LogP contribution in [-0.4, -0.2) is 24.3 Å². The van der Waals surface area contributed by atoms with Crippen molar-refractivity contribution in [3.63, 3.8) is 0 Å². The second kappa shape index (κ2) is 2.72. The topological polar surface area (TPSA) is 38.8 Å². The molecular weight excluding hydrogens is 180 g/mol. The Hall–Kier alpha value is -0.570. The van der Waals surface area contributed by atoms with Gasteiger partial charge in [0.05, 0.1) is 18.3 Å². The number of carbonyl (C=O) groups excluding carboxylic acids is 1. The Morgan fingerprint density at radius 3 is 2.57 bits per heavy atom. The summed E-state index contributed by atoms with van der Waals surface area (Å²) in [6.45, 7) is 8.56. The van der Waals surface area contributed by atoms with Gasteiger partial charge in [0.25, 0.3) is 0 Å². The molecule has 0 N–H and O–H groups in total. The summed E-state index contributed by atoms with van der Waals surface area (Å²) in [7, 11) is 0. The van der Waals surface area contributed by atoms with E-state index in [1.165, 1.54) is 6.92 Å². The standard InChI is InChI=1S/C11H18O3/c1-7(12)13-6-8-5-9-11(4,14-9)10(8,2)3/h8-9H,5-6H2,1-4H3/t8-,9+,11+/m1/s1. The Kier molecular flexibility index (Phi) is 1.94. The number of hydrogen-bond donors (Lipinski definition) is 0. The summed E-state index contributed by atoms with van der Waals surface area (Å²) in [4.78, 5) is 10.7. The fourth-order valence-electron chi connectivity index (χ4n) is 2.55. The van der Waals surface area contributed by atoms with Gasteiger partial charge >= 0.3 is 5.97 Å². The van der Waals surface area contributed by atoms with Crippen molar-refractivity contribution in [3.8, 4) is 0 Å². The highest BCUT2D eigenvalue weighted by Gasteiger charge is 2.69. The number of ether oxygens (including phenoxy) is 2. The zero-order valence-corrected chi connectivity index (χ0v) is 9.29. The van der Waals surface area contributed by atoms with Crippen LogP contribution in [0.3, 0.4) is 0 Å². The molecule has 1 aliphatic carbocycles. The molecule has 0 aromatic carbocycles. The number of fused-ring (bicyclic) bond motifs is 1. The van der Waals surface area contributed by atoms with Crippen molar-refractivity contribution >= 4 is 5.97 Å². The van der Waals surface area contributed by atoms with Crippen molar-refractivity contribution in [1.82, 2.24) is 0 Å². The maximum atomic E-state index is 10.7. The van der Waals surface area contributed by atoms with Crippen LogP contribution in [0.15, 0.2) is 0 Å². The summed E-state index contributed by atoms with van der Waals surface area (Å²) in [5, 5.41) is 0. The molecule has 0 bridgehead atoms. The molecule has 0 aromatic heterocycles. The van der Waals surface area contributed by atoms with Crippen LogP contribution >= 0.6 is 0 Å². The van der Waals surface area contributed by atoms with Crippen LogP contribution in [0.5, 0.6) is 0 Å². The normalized spacial score (nSPS) is 43.1. The lowest BCUT2D eigenvalue weighted by Gasteiger charge is -2.32. The van der Waals surface area contributed by atoms with Crippen LogP contribution in [0.1, 0.15) is 34.1 Å². The molecule has 1 saturated heterocycles. The van der Waals surface area contributed by atoms with Gasteiger partial charge in [0.15, 0.2) is 0 Å². The fraction of sp³-hybridized carbons (Fsp3) is 0.909. The fourth-order valence-corrected chi connectivity index (χ4v) is 2.55. The molecule has 80 valence electrons. The molecule has 2 aliphatic rings. The van der Waals surface area contributed by atoms with Crippen LogP contribution in [0.4, 0.5) is 0 Å². The average molecular weight is 198 g/mol. The van der Waals surface area contributed by atoms with Crippen LogP contribution < -0.4 is 0 Å². The van der Waals surface area contributed by atoms with Gasteiger partial charge in [-0.25, -0.2) is 0 Å². The van der Waals surface area contributed by atoms with Crippen molar-refractivity contribution in [2.45, 2.75) is 45.8 Å². The number of esters is 1. The van der Waals surface area contributed by atoms with E-state index >= 15 is 0 Å². The van der Waals surface area contributed by atoms with E-state index in [2.05, 4.69) is 20.8 Å². The van der Waals surface area contributed by atoms with Gasteiger partial charge in [-0.3, -0.25) is 4.79 Å². The molecule has 0 spiro atoms. The van der Waals surface area contributed by atoms with Crippen LogP contribution in [-0.2, 0) is 14.3 Å². The van der Waals surface area contributed by atoms with Crippen molar-refractivity contribution in [2.24, 2.45) is 11.3 Å². The van der Waals surface area contributed by atoms with E-state index in [1.54, 1.807) is 0 Å². The predicted molar refractivity (Wildman–Crippen MR) is 51.8 cm³/mol. The summed E-state index contributed by atoms with van der Waals surface area (Å²) in [6, 6.07) is 0. The molecule has 2 fully saturated rings. The third-order valence-corrected chi connectivity index (χ3v) is 4.23. The highest BCUT2D eigenvalue weighted by molar-refractivity contribution is 5.65. The molecule has 0 unspecified atom stereocenters. The Morgan fingerprint density at radius 1 is 1.50 bits per heavy atom. The molecule has 3 nitrogen and oxygen atoms in total. The second-order valence-electron chi connectivity index (χ2n) is 5.17. The second-order valence-corrected chi connectivity index (χ2v) is 5.17. The number of carbonyl (C=O) groups is 1. The van der Waals surface area contributed by atoms with Gasteiger partial charge in [-0.1, -0.05) is 13.8 Å². The summed E-state index contributed by atoms with van der Waals surface area (Å²) in [6.07, 6.45) is 1.41. The average Bonchev–Trinajstić information content (AvgIpc) is 2.66. The van der Waals surface area contributed by atoms with Gasteiger partial charge in [0.2, 0.25) is 0 Å². The monoisotopic (exact) mass is 198 g/mol. The highest BCUT2D eigenvalue weighted by atomic mass is 16.6. The minimum absolute atomic E-state index is 0.0256. The molecule has 1 aliphatic heterocycles. The quantitative estimate of drug-likeness (QED) is 0.501. The van der Waals surface area contributed by atoms with Gasteiger partial charge in [0, 0.05) is 18.3 Å². The zero-order chi connectivity index (χ0) is 10.6. The third kappa shape index (κ3) is 1.18. The van der Waals surface area contributed by atoms with Crippen LogP contribution in [0.2, 0.25) is 0 Å². The molecule has 1 heterocycles. The molecule has 0 radical (unpaired) electrons. The predicted octanol–water partition coefficient (Wildman–Crippen LogP) is 1.75. The number of rotatable bonds is 2. The lowest BCUT2D eigenvalue weighted by atomic mass is 9.75. The molecule has 0 aromatic rings. The van der Waals surface area contributed by atoms with Crippen molar-refractivity contribution < 1.29 is 14.3 Å². The van der Waals surface area contributed by atoms with E-state index in [0.29, 0.717) is 18.6 Å². The zero-order valence-electron chi connectivity index (χ0n) is 9.29. The Balaban J connectivity index is 1.99. The van der Waals surface area contributed by atoms with E-state index in [-0.39, 0.29) is 17.0 Å². The SMILES string of the molecule is CC(=O)OC[C@H]1C[C@@H]2O[C@]2(C)C1(C)C. The van der Waals surface area contributed by atoms with Gasteiger partial charge in [-0.05, 0) is 13.3 Å². The van der Waals surface area contributed by atoms with Crippen molar-refractivity contribution in [1.29, 1.82) is 0 Å². The first kappa shape index (κ1) is 9.97. The van der Waals surface area contributed by atoms with E-state index in [1.807, 2.05) is 0 Å². The largest absolute Gasteiger partial charge is 0.466 e. The molecule has 14 heavy (non-hydrogen) atoms. The van der Waals surface area contributed by atoms with E-state index in [0.717, 1.165) is 6.42 Å². The Morgan fingerprint density at radius 2 is 2.14 bits per heavy atom. The van der Waals surface area contributed by atoms with Gasteiger partial charge in [-0.2, -0.15) is 0 Å². The van der Waals surface area contributed by atoms with Gasteiger partial charge in [0.1, 0.15) is 0 Å². The molecule has 2 rings (SSSR count). The lowest BCUT2D eigenvalue weighted by Crippen LogP contribution is -2.35. The summed E-state index contributed by atoms with van der Waals surface area (Å²) in [5.41, 5.74) is 0.144. The smallest absolute Gasteiger partial charge is 0.302 e. The first-order valence-electron chi connectivity index (χ1n) is 5.19. The molecule has 3 atom stereocenters. The third-order valence-electron chi connectivity index (χ3n) is 4.23. The first-order valence-corrected chi connectivity index (χ1v) is 5.19. The Labute approximate surface area is 84.8 Å². The summed E-state index contributed by atoms with van der Waals surface area (Å²) < 4.78 is 10.7. The maximum absolute atomic E-state index is 10.7. The van der Waals surface area contributed by atoms with Gasteiger partial charge in [-0.15, -0.1) is 0 Å². The van der Waals surface area contributed by atoms with E-state index < -0.39 is 0 Å². The van der Waals surface area contributed by atoms with Gasteiger partial charge < -0.3 is 9.47 Å². The molecule has 1 saturated carbocycles. The van der Waals surface area contributed by atoms with Crippen LogP contribution in [0, 0.1) is 11.3 Å². The molecule has 0 amide bonds. The molecule has 3 heteroatoms. The maximum Gasteiger partial charge on any atom is 0.302 e. The van der Waals surface area contributed by atoms with Crippen molar-refractivity contribution in [3.05, 3.63) is 0 Å². The number of hydrogen-bond acceptors (Lipinski definition) is 3. The lowest BCUT2D eigenvalue weighted by molar-refractivity contribution is -0.144. The number of epoxide rings is 1. The van der Waals surface area contributed by atoms with Crippen LogP contribution in [0.25, 0.3) is 0 Å². The minimum atomic E-state index is -0.188. The first-order chi connectivity index (χ1) is 6.38. The molecular formula is C11H18O3. The van der Waals surface area contributed by atoms with Crippen molar-refractivity contribution in [2.75, 3.05) is 6.61 Å². The summed E-state index contributed by atoms with van der Waals surface area (Å²) in [5.74, 6) is 0.252. The van der Waals surface area contributed by atoms with E-state index in [9.17, 15) is 4.79 Å². The summed E-state index contributed by atoms with van der Waals surface area (Å²) >= 11 is 0. The minimum Gasteiger partial charge on any atom is -0.466 e. The Bertz CT molecular complexity index is 272.